The molecule has 1 fully saturated rings. The molecule has 1 aromatic rings. The second-order valence-corrected chi connectivity index (χ2v) is 5.06. The molecule has 1 saturated heterocycles. The van der Waals surface area contributed by atoms with Crippen LogP contribution in [0.3, 0.4) is 0 Å². The van der Waals surface area contributed by atoms with Crippen molar-refractivity contribution >= 4 is 15.9 Å². The molecule has 1 aromatic heterocycles. The van der Waals surface area contributed by atoms with Gasteiger partial charge in [0.1, 0.15) is 11.9 Å². The van der Waals surface area contributed by atoms with Gasteiger partial charge in [-0.2, -0.15) is 0 Å². The van der Waals surface area contributed by atoms with Crippen LogP contribution in [0.1, 0.15) is 31.6 Å². The summed E-state index contributed by atoms with van der Waals surface area (Å²) in [5.41, 5.74) is 0. The molecule has 84 valence electrons. The zero-order valence-electron chi connectivity index (χ0n) is 8.74. The van der Waals surface area contributed by atoms with Crippen LogP contribution < -0.4 is 5.32 Å². The van der Waals surface area contributed by atoms with Gasteiger partial charge < -0.3 is 14.8 Å². The number of piperidine rings is 1. The van der Waals surface area contributed by atoms with Crippen molar-refractivity contribution in [2.45, 2.75) is 31.9 Å². The van der Waals surface area contributed by atoms with Crippen LogP contribution in [0.2, 0.25) is 0 Å². The molecule has 0 spiro atoms. The largest absolute Gasteiger partial charge is 0.452 e. The fourth-order valence-electron chi connectivity index (χ4n) is 2.08. The minimum Gasteiger partial charge on any atom is -0.452 e. The summed E-state index contributed by atoms with van der Waals surface area (Å²) in [6.45, 7) is 3.20. The molecule has 4 heteroatoms. The quantitative estimate of drug-likeness (QED) is 0.870. The van der Waals surface area contributed by atoms with E-state index < -0.39 is 6.10 Å². The van der Waals surface area contributed by atoms with Crippen molar-refractivity contribution in [2.75, 3.05) is 6.54 Å². The Kier molecular flexibility index (Phi) is 3.49. The minimum absolute atomic E-state index is 0.117. The van der Waals surface area contributed by atoms with Crippen LogP contribution >= 0.6 is 15.9 Å². The summed E-state index contributed by atoms with van der Waals surface area (Å²) < 4.78 is 6.03. The molecule has 2 heterocycles. The first-order valence-corrected chi connectivity index (χ1v) is 6.13. The molecule has 3 nitrogen and oxygen atoms in total. The van der Waals surface area contributed by atoms with Crippen LogP contribution in [0, 0.1) is 5.92 Å². The van der Waals surface area contributed by atoms with Gasteiger partial charge in [-0.25, -0.2) is 0 Å². The average Bonchev–Trinajstić information content (AvgIpc) is 2.64. The van der Waals surface area contributed by atoms with Crippen LogP contribution in [0.25, 0.3) is 0 Å². The Hall–Kier alpha value is -0.320. The lowest BCUT2D eigenvalue weighted by molar-refractivity contribution is 0.0812. The van der Waals surface area contributed by atoms with Crippen molar-refractivity contribution in [2.24, 2.45) is 5.92 Å². The van der Waals surface area contributed by atoms with E-state index >= 15 is 0 Å². The van der Waals surface area contributed by atoms with E-state index in [1.165, 1.54) is 6.42 Å². The van der Waals surface area contributed by atoms with Crippen molar-refractivity contribution in [1.29, 1.82) is 0 Å². The van der Waals surface area contributed by atoms with Gasteiger partial charge in [-0.3, -0.25) is 0 Å². The van der Waals surface area contributed by atoms with Gasteiger partial charge in [-0.15, -0.1) is 0 Å². The molecule has 0 aliphatic carbocycles. The highest BCUT2D eigenvalue weighted by Gasteiger charge is 2.27. The monoisotopic (exact) mass is 273 g/mol. The number of nitrogens with one attached hydrogen (secondary N) is 1. The van der Waals surface area contributed by atoms with E-state index in [9.17, 15) is 5.11 Å². The summed E-state index contributed by atoms with van der Waals surface area (Å²) >= 11 is 3.24. The lowest BCUT2D eigenvalue weighted by Gasteiger charge is -2.30. The number of halogens is 1. The SMILES string of the molecule is CC1CCNC(C(O)c2ccc(Br)o2)C1. The molecule has 3 unspecified atom stereocenters. The number of furan rings is 1. The van der Waals surface area contributed by atoms with Gasteiger partial charge in [0.15, 0.2) is 4.67 Å². The summed E-state index contributed by atoms with van der Waals surface area (Å²) in [6, 6.07) is 3.74. The number of hydrogen-bond acceptors (Lipinski definition) is 3. The molecule has 2 rings (SSSR count). The molecule has 1 aliphatic rings. The van der Waals surface area contributed by atoms with Crippen molar-refractivity contribution in [3.63, 3.8) is 0 Å². The van der Waals surface area contributed by atoms with Crippen LogP contribution in [-0.2, 0) is 0 Å². The number of rotatable bonds is 2. The van der Waals surface area contributed by atoms with Gasteiger partial charge in [0.2, 0.25) is 0 Å². The summed E-state index contributed by atoms with van der Waals surface area (Å²) in [6.07, 6.45) is 1.64. The molecule has 0 saturated carbocycles. The Labute approximate surface area is 98.0 Å². The van der Waals surface area contributed by atoms with Gasteiger partial charge in [-0.1, -0.05) is 6.92 Å². The van der Waals surface area contributed by atoms with Crippen LogP contribution in [0.4, 0.5) is 0 Å². The molecule has 15 heavy (non-hydrogen) atoms. The predicted octanol–water partition coefficient (Wildman–Crippen LogP) is 2.46. The number of hydrogen-bond donors (Lipinski definition) is 2. The Bertz CT molecular complexity index is 326. The molecule has 2 N–H and O–H groups in total. The maximum atomic E-state index is 10.1. The van der Waals surface area contributed by atoms with Gasteiger partial charge in [-0.05, 0) is 53.4 Å². The Balaban J connectivity index is 2.03. The van der Waals surface area contributed by atoms with Crippen LogP contribution in [0.5, 0.6) is 0 Å². The number of aliphatic hydroxyl groups excluding tert-OH is 1. The maximum Gasteiger partial charge on any atom is 0.169 e. The van der Waals surface area contributed by atoms with Gasteiger partial charge in [0.25, 0.3) is 0 Å². The lowest BCUT2D eigenvalue weighted by atomic mass is 9.90. The number of aliphatic hydroxyl groups is 1. The van der Waals surface area contributed by atoms with Crippen molar-refractivity contribution in [3.05, 3.63) is 22.6 Å². The van der Waals surface area contributed by atoms with Gasteiger partial charge in [0.05, 0.1) is 0 Å². The maximum absolute atomic E-state index is 10.1. The van der Waals surface area contributed by atoms with Crippen LogP contribution in [0.15, 0.2) is 21.2 Å². The highest BCUT2D eigenvalue weighted by molar-refractivity contribution is 9.10. The predicted molar refractivity (Wildman–Crippen MR) is 61.6 cm³/mol. The average molecular weight is 274 g/mol. The molecular formula is C11H16BrNO2. The smallest absolute Gasteiger partial charge is 0.169 e. The highest BCUT2D eigenvalue weighted by atomic mass is 79.9. The van der Waals surface area contributed by atoms with Gasteiger partial charge >= 0.3 is 0 Å². The first kappa shape index (κ1) is 11.2. The first-order valence-electron chi connectivity index (χ1n) is 5.33. The van der Waals surface area contributed by atoms with E-state index in [0.29, 0.717) is 16.3 Å². The Morgan fingerprint density at radius 3 is 3.00 bits per heavy atom. The van der Waals surface area contributed by atoms with Crippen molar-refractivity contribution < 1.29 is 9.52 Å². The highest BCUT2D eigenvalue weighted by Crippen LogP contribution is 2.28. The van der Waals surface area contributed by atoms with E-state index in [1.807, 2.05) is 12.1 Å². The van der Waals surface area contributed by atoms with E-state index in [1.54, 1.807) is 0 Å². The van der Waals surface area contributed by atoms with E-state index in [0.717, 1.165) is 13.0 Å². The van der Waals surface area contributed by atoms with E-state index in [-0.39, 0.29) is 6.04 Å². The fourth-order valence-corrected chi connectivity index (χ4v) is 2.39. The molecule has 0 bridgehead atoms. The molecule has 0 radical (unpaired) electrons. The van der Waals surface area contributed by atoms with Crippen LogP contribution in [-0.4, -0.2) is 17.7 Å². The topological polar surface area (TPSA) is 45.4 Å². The molecule has 3 atom stereocenters. The summed E-state index contributed by atoms with van der Waals surface area (Å²) in [7, 11) is 0. The zero-order valence-corrected chi connectivity index (χ0v) is 10.3. The zero-order chi connectivity index (χ0) is 10.8. The second kappa shape index (κ2) is 4.68. The summed E-state index contributed by atoms with van der Waals surface area (Å²) in [4.78, 5) is 0. The van der Waals surface area contributed by atoms with Gasteiger partial charge in [0, 0.05) is 6.04 Å². The molecule has 1 aliphatic heterocycles. The summed E-state index contributed by atoms with van der Waals surface area (Å²) in [5, 5.41) is 13.4. The van der Waals surface area contributed by atoms with Crippen molar-refractivity contribution in [1.82, 2.24) is 5.32 Å². The molecule has 0 aromatic carbocycles. The third-order valence-electron chi connectivity index (χ3n) is 2.97. The molecular weight excluding hydrogens is 258 g/mol. The lowest BCUT2D eigenvalue weighted by Crippen LogP contribution is -2.41. The normalized spacial score (nSPS) is 29.0. The molecule has 0 amide bonds. The third kappa shape index (κ3) is 2.62. The second-order valence-electron chi connectivity index (χ2n) is 4.28. The third-order valence-corrected chi connectivity index (χ3v) is 3.39. The Morgan fingerprint density at radius 1 is 1.60 bits per heavy atom. The fraction of sp³-hybridized carbons (Fsp3) is 0.636. The van der Waals surface area contributed by atoms with E-state index in [4.69, 9.17) is 4.42 Å². The summed E-state index contributed by atoms with van der Waals surface area (Å²) in [5.74, 6) is 1.30. The van der Waals surface area contributed by atoms with Crippen molar-refractivity contribution in [3.8, 4) is 0 Å². The standard InChI is InChI=1S/C11H16BrNO2/c1-7-4-5-13-8(6-7)11(14)9-2-3-10(12)15-9/h2-3,7-8,11,13-14H,4-6H2,1H3. The Morgan fingerprint density at radius 2 is 2.40 bits per heavy atom. The minimum atomic E-state index is -0.543. The van der Waals surface area contributed by atoms with E-state index in [2.05, 4.69) is 28.2 Å². The first-order chi connectivity index (χ1) is 7.16.